The molecule has 0 atom stereocenters. The molecule has 0 aromatic heterocycles. The molecule has 3 nitrogen and oxygen atoms in total. The number of hydrogen-bond donors (Lipinski definition) is 2. The van der Waals surface area contributed by atoms with Gasteiger partial charge in [-0.15, -0.1) is 0 Å². The minimum absolute atomic E-state index is 0.0483. The van der Waals surface area contributed by atoms with E-state index < -0.39 is 5.16 Å². The number of rotatable bonds is 15. The minimum atomic E-state index is -0.398. The van der Waals surface area contributed by atoms with Crippen LogP contribution < -0.4 is 0 Å². The number of unbranched alkanes of at least 4 members (excludes halogenated alkanes) is 8. The summed E-state index contributed by atoms with van der Waals surface area (Å²) in [5.74, 6) is 0. The molecule has 0 radical (unpaired) electrons. The molecular weight excluding hydrogens is 271 g/mol. The summed E-state index contributed by atoms with van der Waals surface area (Å²) in [4.78, 5) is 0. The Morgan fingerprint density at radius 2 is 1.20 bits per heavy atom. The highest BCUT2D eigenvalue weighted by Gasteiger charge is 2.29. The molecule has 120 valence electrons. The molecule has 0 spiro atoms. The summed E-state index contributed by atoms with van der Waals surface area (Å²) in [6, 6.07) is 0. The molecule has 0 saturated heterocycles. The Hall–Kier alpha value is 0.0200. The lowest BCUT2D eigenvalue weighted by Crippen LogP contribution is -2.24. The molecular formula is C16H33O3P. The molecule has 20 heavy (non-hydrogen) atoms. The molecule has 0 bridgehead atoms. The quantitative estimate of drug-likeness (QED) is 0.340. The zero-order valence-corrected chi connectivity index (χ0v) is 14.0. The van der Waals surface area contributed by atoms with Crippen molar-refractivity contribution in [2.75, 3.05) is 13.2 Å². The van der Waals surface area contributed by atoms with Crippen molar-refractivity contribution in [2.24, 2.45) is 0 Å². The molecule has 0 fully saturated rings. The third-order valence-corrected chi connectivity index (χ3v) is 5.15. The standard InChI is InChI=1S/C16H33O3P/c1-2-3-4-5-6-7-8-9-10-11-16(20-19,12-14-17)13-15-18/h17-18H,2-15H2,1H3. The summed E-state index contributed by atoms with van der Waals surface area (Å²) in [7, 11) is 0.0743. The van der Waals surface area contributed by atoms with Gasteiger partial charge in [0.2, 0.25) is 0 Å². The lowest BCUT2D eigenvalue weighted by atomic mass is 9.93. The van der Waals surface area contributed by atoms with Crippen LogP contribution >= 0.6 is 8.46 Å². The summed E-state index contributed by atoms with van der Waals surface area (Å²) in [6.45, 7) is 2.33. The molecule has 0 unspecified atom stereocenters. The van der Waals surface area contributed by atoms with E-state index in [4.69, 9.17) is 10.2 Å². The monoisotopic (exact) mass is 304 g/mol. The summed E-state index contributed by atoms with van der Waals surface area (Å²) in [5, 5.41) is 17.8. The third-order valence-electron chi connectivity index (χ3n) is 4.09. The smallest absolute Gasteiger partial charge is 0.162 e. The lowest BCUT2D eigenvalue weighted by molar-refractivity contribution is 0.220. The average molecular weight is 304 g/mol. The topological polar surface area (TPSA) is 57.5 Å². The summed E-state index contributed by atoms with van der Waals surface area (Å²) >= 11 is 0. The second-order valence-electron chi connectivity index (χ2n) is 5.84. The first-order valence-corrected chi connectivity index (χ1v) is 9.12. The normalized spacial score (nSPS) is 12.2. The largest absolute Gasteiger partial charge is 0.396 e. The molecule has 0 aromatic rings. The summed E-state index contributed by atoms with van der Waals surface area (Å²) in [6.07, 6.45) is 13.3. The molecule has 0 aromatic carbocycles. The zero-order chi connectivity index (χ0) is 15.1. The molecule has 0 aliphatic rings. The molecule has 4 heteroatoms. The predicted molar refractivity (Wildman–Crippen MR) is 85.6 cm³/mol. The van der Waals surface area contributed by atoms with Gasteiger partial charge >= 0.3 is 0 Å². The first-order chi connectivity index (χ1) is 9.74. The Morgan fingerprint density at radius 3 is 1.60 bits per heavy atom. The average Bonchev–Trinajstić information content (AvgIpc) is 2.46. The van der Waals surface area contributed by atoms with Gasteiger partial charge in [0.25, 0.3) is 0 Å². The highest BCUT2D eigenvalue weighted by Crippen LogP contribution is 2.36. The fourth-order valence-corrected chi connectivity index (χ4v) is 3.32. The van der Waals surface area contributed by atoms with Gasteiger partial charge in [-0.3, -0.25) is 4.57 Å². The van der Waals surface area contributed by atoms with Crippen LogP contribution in [0.15, 0.2) is 0 Å². The van der Waals surface area contributed by atoms with Crippen LogP contribution in [0.5, 0.6) is 0 Å². The van der Waals surface area contributed by atoms with E-state index in [1.807, 2.05) is 0 Å². The number of hydrogen-bond acceptors (Lipinski definition) is 3. The molecule has 0 amide bonds. The van der Waals surface area contributed by atoms with E-state index in [2.05, 4.69) is 6.92 Å². The Balaban J connectivity index is 3.65. The van der Waals surface area contributed by atoms with E-state index in [0.29, 0.717) is 12.8 Å². The first-order valence-electron chi connectivity index (χ1n) is 8.31. The Labute approximate surface area is 126 Å². The SMILES string of the molecule is CCCCCCCCCCCC(CCO)(CCO)P=O. The Kier molecular flexibility index (Phi) is 14.0. The summed E-state index contributed by atoms with van der Waals surface area (Å²) < 4.78 is 11.3. The van der Waals surface area contributed by atoms with Crippen molar-refractivity contribution in [3.8, 4) is 0 Å². The Morgan fingerprint density at radius 1 is 0.750 bits per heavy atom. The van der Waals surface area contributed by atoms with Gasteiger partial charge in [-0.1, -0.05) is 64.7 Å². The fourth-order valence-electron chi connectivity index (χ4n) is 2.69. The highest BCUT2D eigenvalue weighted by atomic mass is 31.1. The van der Waals surface area contributed by atoms with Gasteiger partial charge in [0.1, 0.15) is 0 Å². The number of aliphatic hydroxyl groups is 2. The minimum Gasteiger partial charge on any atom is -0.396 e. The van der Waals surface area contributed by atoms with Crippen molar-refractivity contribution in [3.63, 3.8) is 0 Å². The molecule has 2 N–H and O–H groups in total. The third kappa shape index (κ3) is 9.85. The second-order valence-corrected chi connectivity index (χ2v) is 6.97. The maximum atomic E-state index is 11.3. The van der Waals surface area contributed by atoms with Gasteiger partial charge in [0.05, 0.1) is 5.16 Å². The van der Waals surface area contributed by atoms with Crippen molar-refractivity contribution < 1.29 is 14.8 Å². The molecule has 0 aliphatic carbocycles. The van der Waals surface area contributed by atoms with Crippen molar-refractivity contribution in [2.45, 2.75) is 89.1 Å². The maximum absolute atomic E-state index is 11.3. The molecule has 0 aliphatic heterocycles. The van der Waals surface area contributed by atoms with E-state index in [1.165, 1.54) is 51.4 Å². The fraction of sp³-hybridized carbons (Fsp3) is 1.00. The van der Waals surface area contributed by atoms with Gasteiger partial charge in [-0.2, -0.15) is 0 Å². The molecule has 0 saturated carbocycles. The van der Waals surface area contributed by atoms with Gasteiger partial charge in [0, 0.05) is 13.2 Å². The van der Waals surface area contributed by atoms with Crippen LogP contribution in [0.25, 0.3) is 0 Å². The highest BCUT2D eigenvalue weighted by molar-refractivity contribution is 7.26. The summed E-state index contributed by atoms with van der Waals surface area (Å²) in [5.41, 5.74) is 0. The predicted octanol–water partition coefficient (Wildman–Crippen LogP) is 4.70. The van der Waals surface area contributed by atoms with Crippen LogP contribution in [-0.4, -0.2) is 28.6 Å². The zero-order valence-electron chi connectivity index (χ0n) is 13.1. The van der Waals surface area contributed by atoms with Gasteiger partial charge in [0.15, 0.2) is 8.46 Å². The van der Waals surface area contributed by atoms with Crippen LogP contribution in [0, 0.1) is 0 Å². The molecule has 0 rings (SSSR count). The van der Waals surface area contributed by atoms with Gasteiger partial charge < -0.3 is 10.2 Å². The van der Waals surface area contributed by atoms with E-state index in [9.17, 15) is 4.57 Å². The van der Waals surface area contributed by atoms with E-state index >= 15 is 0 Å². The van der Waals surface area contributed by atoms with Crippen LogP contribution in [-0.2, 0) is 4.57 Å². The van der Waals surface area contributed by atoms with Crippen molar-refractivity contribution in [3.05, 3.63) is 0 Å². The van der Waals surface area contributed by atoms with Gasteiger partial charge in [-0.25, -0.2) is 0 Å². The first kappa shape index (κ1) is 20.0. The van der Waals surface area contributed by atoms with Crippen LogP contribution in [0.3, 0.4) is 0 Å². The van der Waals surface area contributed by atoms with Gasteiger partial charge in [-0.05, 0) is 19.3 Å². The van der Waals surface area contributed by atoms with Crippen LogP contribution in [0.2, 0.25) is 0 Å². The van der Waals surface area contributed by atoms with E-state index in [1.54, 1.807) is 0 Å². The molecule has 0 heterocycles. The van der Waals surface area contributed by atoms with Crippen molar-refractivity contribution in [1.82, 2.24) is 0 Å². The van der Waals surface area contributed by atoms with Crippen molar-refractivity contribution >= 4 is 8.46 Å². The lowest BCUT2D eigenvalue weighted by Gasteiger charge is -2.25. The van der Waals surface area contributed by atoms with Crippen LogP contribution in [0.4, 0.5) is 0 Å². The maximum Gasteiger partial charge on any atom is 0.162 e. The van der Waals surface area contributed by atoms with Crippen LogP contribution in [0.1, 0.15) is 84.0 Å². The van der Waals surface area contributed by atoms with E-state index in [0.717, 1.165) is 12.8 Å². The second kappa shape index (κ2) is 14.0. The number of aliphatic hydroxyl groups excluding tert-OH is 2. The Bertz CT molecular complexity index is 216. The van der Waals surface area contributed by atoms with Crippen molar-refractivity contribution in [1.29, 1.82) is 0 Å². The van der Waals surface area contributed by atoms with E-state index in [-0.39, 0.29) is 21.7 Å².